The van der Waals surface area contributed by atoms with Gasteiger partial charge in [-0.1, -0.05) is 44.9 Å². The Morgan fingerprint density at radius 2 is 2.00 bits per heavy atom. The Morgan fingerprint density at radius 3 is 2.68 bits per heavy atom. The lowest BCUT2D eigenvalue weighted by atomic mass is 9.95. The zero-order valence-corrected chi connectivity index (χ0v) is 13.1. The van der Waals surface area contributed by atoms with E-state index >= 15 is 0 Å². The van der Waals surface area contributed by atoms with Gasteiger partial charge in [-0.2, -0.15) is 0 Å². The molecule has 0 radical (unpaired) electrons. The van der Waals surface area contributed by atoms with Crippen LogP contribution < -0.4 is 10.6 Å². The summed E-state index contributed by atoms with van der Waals surface area (Å²) in [6, 6.07) is 7.42. The van der Waals surface area contributed by atoms with Crippen LogP contribution in [0.4, 0.5) is 5.69 Å². The number of rotatable bonds is 7. The number of aliphatic hydroxyl groups is 1. The molecule has 0 saturated carbocycles. The number of hydrogen-bond donors (Lipinski definition) is 3. The molecule has 3 N–H and O–H groups in total. The van der Waals surface area contributed by atoms with Gasteiger partial charge in [0, 0.05) is 18.7 Å². The van der Waals surface area contributed by atoms with Crippen molar-refractivity contribution in [1.29, 1.82) is 0 Å². The number of amides is 2. The summed E-state index contributed by atoms with van der Waals surface area (Å²) < 4.78 is 0. The first kappa shape index (κ1) is 16.5. The highest BCUT2D eigenvalue weighted by atomic mass is 16.3. The van der Waals surface area contributed by atoms with Crippen LogP contribution in [0.25, 0.3) is 0 Å². The van der Waals surface area contributed by atoms with Gasteiger partial charge in [0.2, 0.25) is 11.8 Å². The zero-order chi connectivity index (χ0) is 16.1. The minimum atomic E-state index is -0.538. The van der Waals surface area contributed by atoms with Gasteiger partial charge in [0.05, 0.1) is 12.0 Å². The van der Waals surface area contributed by atoms with Crippen LogP contribution in [0.2, 0.25) is 0 Å². The Balaban J connectivity index is 1.89. The fourth-order valence-corrected chi connectivity index (χ4v) is 2.95. The number of aliphatic hydroxyl groups excluding tert-OH is 1. The second-order valence-electron chi connectivity index (χ2n) is 5.78. The molecule has 2 atom stereocenters. The van der Waals surface area contributed by atoms with Crippen molar-refractivity contribution in [1.82, 2.24) is 5.32 Å². The fourth-order valence-electron chi connectivity index (χ4n) is 2.95. The van der Waals surface area contributed by atoms with Crippen molar-refractivity contribution < 1.29 is 14.7 Å². The van der Waals surface area contributed by atoms with Gasteiger partial charge in [-0.15, -0.1) is 0 Å². The van der Waals surface area contributed by atoms with E-state index in [1.165, 1.54) is 0 Å². The molecule has 0 bridgehead atoms. The number of nitrogens with one attached hydrogen (secondary N) is 2. The second-order valence-corrected chi connectivity index (χ2v) is 5.78. The summed E-state index contributed by atoms with van der Waals surface area (Å²) in [4.78, 5) is 24.0. The van der Waals surface area contributed by atoms with Gasteiger partial charge in [-0.05, 0) is 17.5 Å². The minimum absolute atomic E-state index is 0.110. The summed E-state index contributed by atoms with van der Waals surface area (Å²) in [5.74, 6) is -0.601. The Bertz CT molecular complexity index is 540. The summed E-state index contributed by atoms with van der Waals surface area (Å²) in [5, 5.41) is 15.6. The van der Waals surface area contributed by atoms with Crippen LogP contribution >= 0.6 is 0 Å². The number of benzene rings is 1. The molecule has 1 aliphatic rings. The first-order valence-electron chi connectivity index (χ1n) is 7.91. The predicted octanol–water partition coefficient (Wildman–Crippen LogP) is 2.03. The molecule has 1 aromatic carbocycles. The highest BCUT2D eigenvalue weighted by Crippen LogP contribution is 2.34. The Kier molecular flexibility index (Phi) is 5.55. The molecule has 2 amide bonds. The molecular weight excluding hydrogens is 280 g/mol. The maximum absolute atomic E-state index is 12.1. The van der Waals surface area contributed by atoms with Crippen LogP contribution in [0.3, 0.4) is 0 Å². The van der Waals surface area contributed by atoms with E-state index < -0.39 is 12.0 Å². The maximum atomic E-state index is 12.1. The molecule has 1 aromatic rings. The molecule has 120 valence electrons. The molecule has 2 unspecified atom stereocenters. The molecule has 0 aromatic heterocycles. The van der Waals surface area contributed by atoms with Crippen LogP contribution in [0.1, 0.15) is 44.6 Å². The predicted molar refractivity (Wildman–Crippen MR) is 85.5 cm³/mol. The molecule has 0 saturated heterocycles. The third kappa shape index (κ3) is 3.65. The zero-order valence-electron chi connectivity index (χ0n) is 13.1. The highest BCUT2D eigenvalue weighted by Gasteiger charge is 2.32. The van der Waals surface area contributed by atoms with Crippen molar-refractivity contribution in [3.8, 4) is 0 Å². The third-order valence-electron chi connectivity index (χ3n) is 4.40. The largest absolute Gasteiger partial charge is 0.391 e. The first-order chi connectivity index (χ1) is 10.6. The highest BCUT2D eigenvalue weighted by molar-refractivity contribution is 6.04. The molecule has 22 heavy (non-hydrogen) atoms. The van der Waals surface area contributed by atoms with Gasteiger partial charge in [-0.25, -0.2) is 0 Å². The molecule has 0 aliphatic carbocycles. The lowest BCUT2D eigenvalue weighted by Crippen LogP contribution is -2.37. The Hall–Kier alpha value is -1.88. The SMILES string of the molecule is CCC(CC)C(O)CNC(=O)CC1C(=O)Nc2ccccc21. The molecule has 0 spiro atoms. The van der Waals surface area contributed by atoms with Crippen LogP contribution in [-0.4, -0.2) is 29.6 Å². The van der Waals surface area contributed by atoms with Gasteiger partial charge >= 0.3 is 0 Å². The van der Waals surface area contributed by atoms with E-state index in [1.54, 1.807) is 0 Å². The van der Waals surface area contributed by atoms with E-state index in [9.17, 15) is 14.7 Å². The quantitative estimate of drug-likeness (QED) is 0.721. The van der Waals surface area contributed by atoms with Crippen molar-refractivity contribution in [2.75, 3.05) is 11.9 Å². The van der Waals surface area contributed by atoms with E-state index in [2.05, 4.69) is 10.6 Å². The maximum Gasteiger partial charge on any atom is 0.232 e. The average molecular weight is 304 g/mol. The first-order valence-corrected chi connectivity index (χ1v) is 7.91. The number of para-hydroxylation sites is 1. The van der Waals surface area contributed by atoms with Gasteiger partial charge in [0.15, 0.2) is 0 Å². The van der Waals surface area contributed by atoms with Gasteiger partial charge in [-0.3, -0.25) is 9.59 Å². The van der Waals surface area contributed by atoms with Crippen LogP contribution in [-0.2, 0) is 9.59 Å². The molecule has 2 rings (SSSR count). The Morgan fingerprint density at radius 1 is 1.32 bits per heavy atom. The Labute approximate surface area is 131 Å². The molecule has 1 aliphatic heterocycles. The lowest BCUT2D eigenvalue weighted by Gasteiger charge is -2.20. The standard InChI is InChI=1S/C17H24N2O3/c1-3-11(4-2)15(20)10-18-16(21)9-13-12-7-5-6-8-14(12)19-17(13)22/h5-8,11,13,15,20H,3-4,9-10H2,1-2H3,(H,18,21)(H,19,22). The van der Waals surface area contributed by atoms with Crippen LogP contribution in [0, 0.1) is 5.92 Å². The molecule has 0 fully saturated rings. The second kappa shape index (κ2) is 7.40. The van der Waals surface area contributed by atoms with Gasteiger partial charge in [0.1, 0.15) is 0 Å². The van der Waals surface area contributed by atoms with Gasteiger partial charge in [0.25, 0.3) is 0 Å². The van der Waals surface area contributed by atoms with E-state index in [-0.39, 0.29) is 30.7 Å². The summed E-state index contributed by atoms with van der Waals surface area (Å²) in [7, 11) is 0. The monoisotopic (exact) mass is 304 g/mol. The van der Waals surface area contributed by atoms with Crippen LogP contribution in [0.5, 0.6) is 0 Å². The van der Waals surface area contributed by atoms with Crippen molar-refractivity contribution in [2.45, 2.75) is 45.1 Å². The number of hydrogen-bond acceptors (Lipinski definition) is 3. The summed E-state index contributed by atoms with van der Waals surface area (Å²) >= 11 is 0. The van der Waals surface area contributed by atoms with E-state index in [1.807, 2.05) is 38.1 Å². The average Bonchev–Trinajstić information content (AvgIpc) is 2.82. The number of anilines is 1. The number of fused-ring (bicyclic) bond motifs is 1. The fraction of sp³-hybridized carbons (Fsp3) is 0.529. The summed E-state index contributed by atoms with van der Waals surface area (Å²) in [5.41, 5.74) is 1.64. The van der Waals surface area contributed by atoms with Crippen molar-refractivity contribution >= 4 is 17.5 Å². The summed E-state index contributed by atoms with van der Waals surface area (Å²) in [6.45, 7) is 4.29. The van der Waals surface area contributed by atoms with E-state index in [4.69, 9.17) is 0 Å². The molecule has 5 heteroatoms. The normalized spacial score (nSPS) is 18.0. The molecule has 5 nitrogen and oxygen atoms in total. The third-order valence-corrected chi connectivity index (χ3v) is 4.40. The summed E-state index contributed by atoms with van der Waals surface area (Å²) in [6.07, 6.45) is 1.33. The van der Waals surface area contributed by atoms with Gasteiger partial charge < -0.3 is 15.7 Å². The van der Waals surface area contributed by atoms with E-state index in [0.717, 1.165) is 24.1 Å². The molecule has 1 heterocycles. The number of carbonyl (C=O) groups excluding carboxylic acids is 2. The lowest BCUT2D eigenvalue weighted by molar-refractivity contribution is -0.125. The smallest absolute Gasteiger partial charge is 0.232 e. The molecular formula is C17H24N2O3. The van der Waals surface area contributed by atoms with Crippen molar-refractivity contribution in [3.05, 3.63) is 29.8 Å². The topological polar surface area (TPSA) is 78.4 Å². The van der Waals surface area contributed by atoms with Crippen molar-refractivity contribution in [3.63, 3.8) is 0 Å². The van der Waals surface area contributed by atoms with Crippen LogP contribution in [0.15, 0.2) is 24.3 Å². The number of carbonyl (C=O) groups is 2. The van der Waals surface area contributed by atoms with E-state index in [0.29, 0.717) is 0 Å². The minimum Gasteiger partial charge on any atom is -0.391 e. The van der Waals surface area contributed by atoms with Crippen molar-refractivity contribution in [2.24, 2.45) is 5.92 Å².